The molecule has 0 unspecified atom stereocenters. The summed E-state index contributed by atoms with van der Waals surface area (Å²) in [7, 11) is -3.93. The van der Waals surface area contributed by atoms with Crippen molar-refractivity contribution in [3.8, 4) is 0 Å². The Hall–Kier alpha value is -2.98. The summed E-state index contributed by atoms with van der Waals surface area (Å²) in [6.45, 7) is 1.30. The maximum Gasteiger partial charge on any atom is 0.291 e. The lowest BCUT2D eigenvalue weighted by molar-refractivity contribution is -0.114. The number of nitrogens with one attached hydrogen (secondary N) is 2. The van der Waals surface area contributed by atoms with Crippen LogP contribution in [-0.2, 0) is 14.8 Å². The van der Waals surface area contributed by atoms with E-state index in [1.165, 1.54) is 6.92 Å². The van der Waals surface area contributed by atoms with Gasteiger partial charge in [-0.25, -0.2) is 0 Å². The molecular weight excluding hydrogens is 376 g/mol. The third kappa shape index (κ3) is 3.00. The van der Waals surface area contributed by atoms with Crippen molar-refractivity contribution in [3.05, 3.63) is 42.5 Å². The Balaban J connectivity index is 1.66. The number of para-hydroxylation sites is 1. The monoisotopic (exact) mass is 388 g/mol. The minimum Gasteiger partial charge on any atom is -0.456 e. The number of nitrogens with zero attached hydrogens (tertiary/aromatic N) is 2. The summed E-state index contributed by atoms with van der Waals surface area (Å²) in [6.07, 6.45) is 0. The smallest absolute Gasteiger partial charge is 0.291 e. The Morgan fingerprint density at radius 2 is 1.85 bits per heavy atom. The first kappa shape index (κ1) is 16.5. The molecule has 0 aliphatic rings. The Bertz CT molecular complexity index is 1240. The second kappa shape index (κ2) is 6.07. The molecule has 0 saturated carbocycles. The molecule has 0 atom stereocenters. The lowest BCUT2D eigenvalue weighted by atomic mass is 10.1. The molecule has 0 aliphatic carbocycles. The highest BCUT2D eigenvalue weighted by molar-refractivity contribution is 7.94. The largest absolute Gasteiger partial charge is 0.456 e. The molecule has 4 aromatic rings. The fourth-order valence-corrected chi connectivity index (χ4v) is 4.50. The number of benzene rings is 2. The van der Waals surface area contributed by atoms with Crippen LogP contribution in [0.4, 0.5) is 10.8 Å². The first-order valence-electron chi connectivity index (χ1n) is 7.47. The summed E-state index contributed by atoms with van der Waals surface area (Å²) in [4.78, 5) is 11.0. The maximum atomic E-state index is 12.5. The van der Waals surface area contributed by atoms with Gasteiger partial charge in [0.25, 0.3) is 14.4 Å². The summed E-state index contributed by atoms with van der Waals surface area (Å²) >= 11 is 0.767. The van der Waals surface area contributed by atoms with Crippen molar-refractivity contribution in [1.29, 1.82) is 0 Å². The van der Waals surface area contributed by atoms with Gasteiger partial charge in [0, 0.05) is 23.8 Å². The summed E-state index contributed by atoms with van der Waals surface area (Å²) in [5.41, 5.74) is 1.64. The van der Waals surface area contributed by atoms with E-state index in [-0.39, 0.29) is 15.4 Å². The highest BCUT2D eigenvalue weighted by Crippen LogP contribution is 2.31. The van der Waals surface area contributed by atoms with Crippen molar-refractivity contribution < 1.29 is 17.6 Å². The molecule has 2 heterocycles. The van der Waals surface area contributed by atoms with Crippen molar-refractivity contribution in [3.63, 3.8) is 0 Å². The van der Waals surface area contributed by atoms with Gasteiger partial charge in [-0.2, -0.15) is 8.42 Å². The number of anilines is 2. The number of hydrogen-bond donors (Lipinski definition) is 2. The molecule has 0 saturated heterocycles. The van der Waals surface area contributed by atoms with Crippen molar-refractivity contribution in [2.24, 2.45) is 0 Å². The van der Waals surface area contributed by atoms with E-state index in [1.807, 2.05) is 24.3 Å². The number of carbonyl (C=O) groups is 1. The van der Waals surface area contributed by atoms with Crippen LogP contribution in [0.25, 0.3) is 21.9 Å². The fraction of sp³-hybridized carbons (Fsp3) is 0.0625. The van der Waals surface area contributed by atoms with Crippen LogP contribution < -0.4 is 10.0 Å². The number of fused-ring (bicyclic) bond motifs is 3. The fourth-order valence-electron chi connectivity index (χ4n) is 2.51. The standard InChI is InChI=1S/C16H12N4O4S2/c1-9(21)17-15-18-19-16(25-15)26(22,23)20-10-6-7-12-11-4-2-3-5-13(11)24-14(12)8-10/h2-8,20H,1H3,(H,17,18,21). The van der Waals surface area contributed by atoms with E-state index in [9.17, 15) is 13.2 Å². The van der Waals surface area contributed by atoms with Gasteiger partial charge in [-0.3, -0.25) is 9.52 Å². The maximum absolute atomic E-state index is 12.5. The van der Waals surface area contributed by atoms with E-state index >= 15 is 0 Å². The van der Waals surface area contributed by atoms with Gasteiger partial charge in [-0.1, -0.05) is 29.5 Å². The van der Waals surface area contributed by atoms with E-state index in [4.69, 9.17) is 4.42 Å². The molecule has 0 spiro atoms. The number of aromatic nitrogens is 2. The topological polar surface area (TPSA) is 114 Å². The molecule has 0 aliphatic heterocycles. The molecule has 0 radical (unpaired) electrons. The molecular formula is C16H12N4O4S2. The zero-order chi connectivity index (χ0) is 18.3. The molecule has 1 amide bonds. The van der Waals surface area contributed by atoms with Gasteiger partial charge in [0.1, 0.15) is 11.2 Å². The number of rotatable bonds is 4. The van der Waals surface area contributed by atoms with Gasteiger partial charge in [0.2, 0.25) is 11.0 Å². The Morgan fingerprint density at radius 3 is 2.65 bits per heavy atom. The zero-order valence-corrected chi connectivity index (χ0v) is 15.0. The predicted octanol–water partition coefficient (Wildman–Crippen LogP) is 3.20. The minimum absolute atomic E-state index is 0.116. The number of furan rings is 1. The van der Waals surface area contributed by atoms with Gasteiger partial charge >= 0.3 is 0 Å². The molecule has 132 valence electrons. The van der Waals surface area contributed by atoms with Crippen LogP contribution in [0.1, 0.15) is 6.92 Å². The van der Waals surface area contributed by atoms with Crippen molar-refractivity contribution in [1.82, 2.24) is 10.2 Å². The number of hydrogen-bond acceptors (Lipinski definition) is 7. The van der Waals surface area contributed by atoms with E-state index < -0.39 is 10.0 Å². The average molecular weight is 388 g/mol. The number of amides is 1. The molecule has 2 N–H and O–H groups in total. The quantitative estimate of drug-likeness (QED) is 0.519. The lowest BCUT2D eigenvalue weighted by Crippen LogP contribution is -2.12. The molecule has 4 rings (SSSR count). The highest BCUT2D eigenvalue weighted by Gasteiger charge is 2.21. The van der Waals surface area contributed by atoms with Crippen LogP contribution in [0.15, 0.2) is 51.2 Å². The SMILES string of the molecule is CC(=O)Nc1nnc(S(=O)(=O)Nc2ccc3c(c2)oc2ccccc23)s1. The number of carbonyl (C=O) groups excluding carboxylic acids is 1. The normalized spacial score (nSPS) is 11.7. The second-order valence-corrected chi connectivity index (χ2v) is 8.30. The molecule has 8 nitrogen and oxygen atoms in total. The van der Waals surface area contributed by atoms with Crippen LogP contribution in [0.3, 0.4) is 0 Å². The third-order valence-electron chi connectivity index (χ3n) is 3.55. The number of sulfonamides is 1. The zero-order valence-electron chi connectivity index (χ0n) is 13.4. The van der Waals surface area contributed by atoms with Crippen LogP contribution >= 0.6 is 11.3 Å². The summed E-state index contributed by atoms with van der Waals surface area (Å²) in [5.74, 6) is -0.353. The Morgan fingerprint density at radius 1 is 1.08 bits per heavy atom. The summed E-state index contributed by atoms with van der Waals surface area (Å²) in [5, 5.41) is 11.6. The van der Waals surface area contributed by atoms with Crippen molar-refractivity contribution in [2.75, 3.05) is 10.0 Å². The first-order chi connectivity index (χ1) is 12.4. The van der Waals surface area contributed by atoms with Crippen LogP contribution in [0.2, 0.25) is 0 Å². The average Bonchev–Trinajstić information content (AvgIpc) is 3.18. The van der Waals surface area contributed by atoms with E-state index in [2.05, 4.69) is 20.2 Å². The molecule has 0 bridgehead atoms. The van der Waals surface area contributed by atoms with Crippen LogP contribution in [0.5, 0.6) is 0 Å². The molecule has 10 heteroatoms. The predicted molar refractivity (Wildman–Crippen MR) is 98.7 cm³/mol. The second-order valence-electron chi connectivity index (χ2n) is 5.47. The van der Waals surface area contributed by atoms with Crippen LogP contribution in [0, 0.1) is 0 Å². The minimum atomic E-state index is -3.93. The van der Waals surface area contributed by atoms with Gasteiger partial charge in [0.05, 0.1) is 5.69 Å². The van der Waals surface area contributed by atoms with Gasteiger partial charge in [-0.15, -0.1) is 10.2 Å². The molecule has 2 aromatic heterocycles. The summed E-state index contributed by atoms with van der Waals surface area (Å²) in [6, 6.07) is 12.6. The molecule has 2 aromatic carbocycles. The van der Waals surface area contributed by atoms with E-state index in [1.54, 1.807) is 18.2 Å². The van der Waals surface area contributed by atoms with E-state index in [0.29, 0.717) is 11.3 Å². The first-order valence-corrected chi connectivity index (χ1v) is 9.77. The van der Waals surface area contributed by atoms with E-state index in [0.717, 1.165) is 27.7 Å². The Labute approximate surface area is 151 Å². The third-order valence-corrected chi connectivity index (χ3v) is 6.14. The molecule has 0 fully saturated rings. The molecule has 26 heavy (non-hydrogen) atoms. The van der Waals surface area contributed by atoms with Gasteiger partial charge < -0.3 is 9.73 Å². The Kier molecular flexibility index (Phi) is 3.85. The van der Waals surface area contributed by atoms with Gasteiger partial charge in [-0.05, 0) is 18.2 Å². The van der Waals surface area contributed by atoms with Crippen molar-refractivity contribution in [2.45, 2.75) is 11.3 Å². The highest BCUT2D eigenvalue weighted by atomic mass is 32.2. The van der Waals surface area contributed by atoms with Crippen LogP contribution in [-0.4, -0.2) is 24.5 Å². The van der Waals surface area contributed by atoms with Crippen molar-refractivity contribution >= 4 is 60.0 Å². The van der Waals surface area contributed by atoms with Gasteiger partial charge in [0.15, 0.2) is 0 Å². The lowest BCUT2D eigenvalue weighted by Gasteiger charge is -2.04. The summed E-state index contributed by atoms with van der Waals surface area (Å²) < 4.78 is 32.9.